The van der Waals surface area contributed by atoms with Crippen molar-refractivity contribution < 1.29 is 4.74 Å². The zero-order valence-corrected chi connectivity index (χ0v) is 19.0. The molecule has 0 bridgehead atoms. The van der Waals surface area contributed by atoms with Crippen LogP contribution in [-0.4, -0.2) is 21.7 Å². The first-order chi connectivity index (χ1) is 14.0. The molecule has 0 saturated heterocycles. The molecule has 0 aliphatic heterocycles. The van der Waals surface area contributed by atoms with Gasteiger partial charge in [0.1, 0.15) is 6.33 Å². The molecule has 4 aromatic rings. The number of aromatic nitrogens is 3. The molecule has 2 heterocycles. The van der Waals surface area contributed by atoms with Crippen LogP contribution in [0.15, 0.2) is 54.9 Å². The minimum Gasteiger partial charge on any atom is -0.493 e. The highest BCUT2D eigenvalue weighted by Gasteiger charge is 2.20. The molecule has 5 nitrogen and oxygen atoms in total. The van der Waals surface area contributed by atoms with Crippen molar-refractivity contribution in [2.45, 2.75) is 52.4 Å². The van der Waals surface area contributed by atoms with Gasteiger partial charge in [0.05, 0.1) is 12.8 Å². The predicted octanol–water partition coefficient (Wildman–Crippen LogP) is 5.75. The van der Waals surface area contributed by atoms with Gasteiger partial charge in [-0.15, -0.1) is 0 Å². The monoisotopic (exact) mass is 404 g/mol. The summed E-state index contributed by atoms with van der Waals surface area (Å²) in [7, 11) is 1.64. The Hall–Kier alpha value is -3.08. The van der Waals surface area contributed by atoms with E-state index < -0.39 is 0 Å². The van der Waals surface area contributed by atoms with Gasteiger partial charge in [-0.2, -0.15) is 5.10 Å². The molecule has 2 N–H and O–H groups in total. The summed E-state index contributed by atoms with van der Waals surface area (Å²) >= 11 is 0. The maximum Gasteiger partial charge on any atom is 0.198 e. The Morgan fingerprint density at radius 2 is 1.50 bits per heavy atom. The van der Waals surface area contributed by atoms with Gasteiger partial charge in [-0.1, -0.05) is 71.9 Å². The SMILES string of the molecule is CC(C)(C)c1ccc(N)c2ccccc12.COc1ccc(C(C)(C)C)n2ncnc12. The highest BCUT2D eigenvalue weighted by molar-refractivity contribution is 5.95. The van der Waals surface area contributed by atoms with E-state index in [1.165, 1.54) is 10.9 Å². The zero-order valence-electron chi connectivity index (χ0n) is 19.0. The van der Waals surface area contributed by atoms with Crippen LogP contribution >= 0.6 is 0 Å². The normalized spacial score (nSPS) is 12.0. The summed E-state index contributed by atoms with van der Waals surface area (Å²) in [5, 5.41) is 6.65. The van der Waals surface area contributed by atoms with Gasteiger partial charge in [-0.3, -0.25) is 0 Å². The average molecular weight is 405 g/mol. The fourth-order valence-corrected chi connectivity index (χ4v) is 3.59. The third-order valence-corrected chi connectivity index (χ3v) is 5.14. The summed E-state index contributed by atoms with van der Waals surface area (Å²) in [6, 6.07) is 16.4. The van der Waals surface area contributed by atoms with Gasteiger partial charge in [0, 0.05) is 16.5 Å². The van der Waals surface area contributed by atoms with E-state index in [0.717, 1.165) is 28.2 Å². The summed E-state index contributed by atoms with van der Waals surface area (Å²) in [5.74, 6) is 0.750. The van der Waals surface area contributed by atoms with E-state index in [0.29, 0.717) is 0 Å². The van der Waals surface area contributed by atoms with Crippen LogP contribution in [0.25, 0.3) is 16.4 Å². The van der Waals surface area contributed by atoms with E-state index in [4.69, 9.17) is 10.5 Å². The molecule has 0 radical (unpaired) electrons. The van der Waals surface area contributed by atoms with Crippen molar-refractivity contribution in [3.8, 4) is 5.75 Å². The summed E-state index contributed by atoms with van der Waals surface area (Å²) in [6.07, 6.45) is 1.55. The number of methoxy groups -OCH3 is 1. The summed E-state index contributed by atoms with van der Waals surface area (Å²) in [6.45, 7) is 13.1. The molecule has 0 atom stereocenters. The second-order valence-corrected chi connectivity index (χ2v) is 9.53. The first-order valence-electron chi connectivity index (χ1n) is 10.2. The number of nitrogen functional groups attached to an aromatic ring is 1. The van der Waals surface area contributed by atoms with Crippen molar-refractivity contribution in [1.29, 1.82) is 0 Å². The minimum absolute atomic E-state index is 0.0399. The van der Waals surface area contributed by atoms with Gasteiger partial charge in [0.25, 0.3) is 0 Å². The molecule has 0 amide bonds. The van der Waals surface area contributed by atoms with Crippen molar-refractivity contribution in [2.75, 3.05) is 12.8 Å². The first-order valence-corrected chi connectivity index (χ1v) is 10.2. The molecule has 0 unspecified atom stereocenters. The lowest BCUT2D eigenvalue weighted by Crippen LogP contribution is -2.17. The summed E-state index contributed by atoms with van der Waals surface area (Å²) in [4.78, 5) is 4.19. The van der Waals surface area contributed by atoms with E-state index in [-0.39, 0.29) is 10.8 Å². The second kappa shape index (κ2) is 7.98. The molecule has 4 rings (SSSR count). The molecule has 0 fully saturated rings. The zero-order chi connectivity index (χ0) is 22.1. The Bertz CT molecular complexity index is 1160. The molecule has 0 saturated carbocycles. The number of nitrogens with two attached hydrogens (primary N) is 1. The molecule has 2 aromatic carbocycles. The van der Waals surface area contributed by atoms with Crippen LogP contribution < -0.4 is 10.5 Å². The molecule has 0 aliphatic rings. The van der Waals surface area contributed by atoms with Gasteiger partial charge in [-0.25, -0.2) is 9.50 Å². The van der Waals surface area contributed by atoms with Crippen LogP contribution in [0.3, 0.4) is 0 Å². The van der Waals surface area contributed by atoms with Crippen LogP contribution in [0.5, 0.6) is 5.75 Å². The van der Waals surface area contributed by atoms with Crippen molar-refractivity contribution in [1.82, 2.24) is 14.6 Å². The molecular formula is C25H32N4O. The standard InChI is InChI=1S/C14H17N.C11H15N3O/c1-14(2,3)12-8-9-13(15)11-7-5-4-6-10(11)12;1-11(2,3)9-6-5-8(15-4)10-12-7-13-14(9)10/h4-9H,15H2,1-3H3;5-7H,1-4H3. The number of nitrogens with zero attached hydrogens (tertiary/aromatic N) is 3. The maximum absolute atomic E-state index is 5.97. The number of anilines is 1. The minimum atomic E-state index is 0.0399. The van der Waals surface area contributed by atoms with Crippen molar-refractivity contribution in [3.05, 3.63) is 66.1 Å². The van der Waals surface area contributed by atoms with E-state index in [1.54, 1.807) is 13.4 Å². The highest BCUT2D eigenvalue weighted by atomic mass is 16.5. The summed E-state index contributed by atoms with van der Waals surface area (Å²) < 4.78 is 7.06. The molecule has 158 valence electrons. The number of hydrogen-bond acceptors (Lipinski definition) is 4. The molecular weight excluding hydrogens is 372 g/mol. The lowest BCUT2D eigenvalue weighted by Gasteiger charge is -2.21. The quantitative estimate of drug-likeness (QED) is 0.410. The molecule has 2 aromatic heterocycles. The van der Waals surface area contributed by atoms with Gasteiger partial charge >= 0.3 is 0 Å². The van der Waals surface area contributed by atoms with Crippen LogP contribution in [0.2, 0.25) is 0 Å². The molecule has 30 heavy (non-hydrogen) atoms. The topological polar surface area (TPSA) is 65.4 Å². The van der Waals surface area contributed by atoms with Crippen molar-refractivity contribution >= 4 is 22.1 Å². The smallest absolute Gasteiger partial charge is 0.198 e. The van der Waals surface area contributed by atoms with E-state index >= 15 is 0 Å². The number of pyridine rings is 1. The fraction of sp³-hybridized carbons (Fsp3) is 0.360. The van der Waals surface area contributed by atoms with E-state index in [1.807, 2.05) is 28.8 Å². The maximum atomic E-state index is 5.97. The third-order valence-electron chi connectivity index (χ3n) is 5.14. The highest BCUT2D eigenvalue weighted by Crippen LogP contribution is 2.32. The second-order valence-electron chi connectivity index (χ2n) is 9.53. The van der Waals surface area contributed by atoms with Gasteiger partial charge in [0.15, 0.2) is 11.4 Å². The molecule has 0 spiro atoms. The Kier molecular flexibility index (Phi) is 5.75. The lowest BCUT2D eigenvalue weighted by molar-refractivity contribution is 0.414. The van der Waals surface area contributed by atoms with Crippen LogP contribution in [-0.2, 0) is 10.8 Å². The van der Waals surface area contributed by atoms with Crippen molar-refractivity contribution in [3.63, 3.8) is 0 Å². The van der Waals surface area contributed by atoms with E-state index in [9.17, 15) is 0 Å². The predicted molar refractivity (Wildman–Crippen MR) is 125 cm³/mol. The Morgan fingerprint density at radius 3 is 2.10 bits per heavy atom. The largest absolute Gasteiger partial charge is 0.493 e. The lowest BCUT2D eigenvalue weighted by atomic mass is 9.83. The number of rotatable bonds is 1. The van der Waals surface area contributed by atoms with Crippen LogP contribution in [0.1, 0.15) is 52.8 Å². The number of benzene rings is 2. The summed E-state index contributed by atoms with van der Waals surface area (Å²) in [5.41, 5.74) is 10.3. The van der Waals surface area contributed by atoms with Crippen molar-refractivity contribution in [2.24, 2.45) is 0 Å². The third kappa shape index (κ3) is 4.25. The number of ether oxygens (including phenoxy) is 1. The number of fused-ring (bicyclic) bond motifs is 2. The van der Waals surface area contributed by atoms with Crippen LogP contribution in [0, 0.1) is 0 Å². The van der Waals surface area contributed by atoms with Gasteiger partial charge in [-0.05, 0) is 34.6 Å². The Morgan fingerprint density at radius 1 is 0.833 bits per heavy atom. The Labute approximate surface area is 178 Å². The fourth-order valence-electron chi connectivity index (χ4n) is 3.59. The average Bonchev–Trinajstić information content (AvgIpc) is 3.16. The molecule has 0 aliphatic carbocycles. The van der Waals surface area contributed by atoms with Crippen LogP contribution in [0.4, 0.5) is 5.69 Å². The number of hydrogen-bond donors (Lipinski definition) is 1. The molecule has 5 heteroatoms. The van der Waals surface area contributed by atoms with Gasteiger partial charge in [0.2, 0.25) is 0 Å². The van der Waals surface area contributed by atoms with E-state index in [2.05, 4.69) is 75.9 Å². The first kappa shape index (κ1) is 21.6. The Balaban J connectivity index is 0.000000171. The van der Waals surface area contributed by atoms with Gasteiger partial charge < -0.3 is 10.5 Å².